The highest BCUT2D eigenvalue weighted by Gasteiger charge is 2.58. The fraction of sp³-hybridized carbons (Fsp3) is 1.00. The summed E-state index contributed by atoms with van der Waals surface area (Å²) in [7, 11) is 1.79. The molecule has 1 aliphatic heterocycles. The minimum absolute atomic E-state index is 0.0263. The van der Waals surface area contributed by atoms with Crippen molar-refractivity contribution in [2.24, 2.45) is 0 Å². The van der Waals surface area contributed by atoms with Gasteiger partial charge in [0.05, 0.1) is 11.2 Å². The number of unbranched alkanes of at least 4 members (excludes halogenated alkanes) is 1. The quantitative estimate of drug-likeness (QED) is 0.616. The Labute approximate surface area is 81.6 Å². The molecule has 1 saturated heterocycles. The molecule has 2 atom stereocenters. The van der Waals surface area contributed by atoms with Gasteiger partial charge < -0.3 is 9.47 Å². The molecule has 0 spiro atoms. The minimum Gasteiger partial charge on any atom is -0.376 e. The third-order valence-electron chi connectivity index (χ3n) is 3.04. The van der Waals surface area contributed by atoms with E-state index in [4.69, 9.17) is 9.47 Å². The van der Waals surface area contributed by atoms with Crippen LogP contribution in [0.3, 0.4) is 0 Å². The van der Waals surface area contributed by atoms with E-state index in [9.17, 15) is 0 Å². The van der Waals surface area contributed by atoms with Crippen molar-refractivity contribution in [2.45, 2.75) is 64.3 Å². The second kappa shape index (κ2) is 3.58. The average Bonchev–Trinajstić information content (AvgIpc) is 2.72. The second-order valence-corrected chi connectivity index (χ2v) is 4.72. The molecule has 2 heteroatoms. The molecular formula is C11H22O2. The van der Waals surface area contributed by atoms with Crippen LogP contribution in [0.1, 0.15) is 47.0 Å². The van der Waals surface area contributed by atoms with Gasteiger partial charge in [-0.1, -0.05) is 19.8 Å². The second-order valence-electron chi connectivity index (χ2n) is 4.72. The molecule has 0 aromatic carbocycles. The van der Waals surface area contributed by atoms with Crippen molar-refractivity contribution in [3.05, 3.63) is 0 Å². The Morgan fingerprint density at radius 2 is 2.00 bits per heavy atom. The molecule has 1 fully saturated rings. The van der Waals surface area contributed by atoms with E-state index in [1.54, 1.807) is 7.11 Å². The monoisotopic (exact) mass is 186 g/mol. The van der Waals surface area contributed by atoms with E-state index in [-0.39, 0.29) is 17.3 Å². The van der Waals surface area contributed by atoms with E-state index in [2.05, 4.69) is 27.7 Å². The molecule has 0 N–H and O–H groups in total. The Balaban J connectivity index is 2.50. The molecule has 0 bridgehead atoms. The third-order valence-corrected chi connectivity index (χ3v) is 3.04. The van der Waals surface area contributed by atoms with Crippen LogP contribution in [-0.4, -0.2) is 24.4 Å². The smallest absolute Gasteiger partial charge is 0.115 e. The van der Waals surface area contributed by atoms with E-state index >= 15 is 0 Å². The Hall–Kier alpha value is -0.0800. The van der Waals surface area contributed by atoms with Gasteiger partial charge in [0.1, 0.15) is 6.10 Å². The first-order valence-corrected chi connectivity index (χ1v) is 5.19. The van der Waals surface area contributed by atoms with Crippen LogP contribution in [-0.2, 0) is 9.47 Å². The van der Waals surface area contributed by atoms with Crippen molar-refractivity contribution in [3.63, 3.8) is 0 Å². The SMILES string of the molecule is CCCCC(C)(OC)C1OC1(C)C. The first-order valence-electron chi connectivity index (χ1n) is 5.19. The van der Waals surface area contributed by atoms with Crippen LogP contribution in [0, 0.1) is 0 Å². The maximum atomic E-state index is 5.63. The molecule has 0 saturated carbocycles. The van der Waals surface area contributed by atoms with E-state index < -0.39 is 0 Å². The first-order chi connectivity index (χ1) is 5.96. The summed E-state index contributed by atoms with van der Waals surface area (Å²) in [6, 6.07) is 0. The van der Waals surface area contributed by atoms with Crippen molar-refractivity contribution in [3.8, 4) is 0 Å². The van der Waals surface area contributed by atoms with Gasteiger partial charge in [-0.15, -0.1) is 0 Å². The molecule has 2 nitrogen and oxygen atoms in total. The van der Waals surface area contributed by atoms with Gasteiger partial charge in [0.15, 0.2) is 0 Å². The molecule has 0 amide bonds. The van der Waals surface area contributed by atoms with Crippen molar-refractivity contribution < 1.29 is 9.47 Å². The standard InChI is InChI=1S/C11H22O2/c1-6-7-8-11(4,12-5)9-10(2,3)13-9/h9H,6-8H2,1-5H3. The lowest BCUT2D eigenvalue weighted by atomic mass is 9.89. The molecule has 0 radical (unpaired) electrons. The van der Waals surface area contributed by atoms with Gasteiger partial charge in [-0.3, -0.25) is 0 Å². The number of methoxy groups -OCH3 is 1. The van der Waals surface area contributed by atoms with E-state index in [0.717, 1.165) is 6.42 Å². The zero-order valence-electron chi connectivity index (χ0n) is 9.52. The Bertz CT molecular complexity index is 177. The van der Waals surface area contributed by atoms with Crippen LogP contribution in [0.2, 0.25) is 0 Å². The normalized spacial score (nSPS) is 29.8. The van der Waals surface area contributed by atoms with Gasteiger partial charge in [-0.2, -0.15) is 0 Å². The zero-order valence-corrected chi connectivity index (χ0v) is 9.52. The van der Waals surface area contributed by atoms with Crippen molar-refractivity contribution >= 4 is 0 Å². The van der Waals surface area contributed by atoms with E-state index in [1.165, 1.54) is 12.8 Å². The summed E-state index contributed by atoms with van der Waals surface area (Å²) < 4.78 is 11.2. The zero-order chi connectivity index (χ0) is 10.1. The molecule has 1 aliphatic rings. The van der Waals surface area contributed by atoms with Gasteiger partial charge in [0.25, 0.3) is 0 Å². The fourth-order valence-corrected chi connectivity index (χ4v) is 2.00. The number of ether oxygens (including phenoxy) is 2. The third kappa shape index (κ3) is 2.23. The summed E-state index contributed by atoms with van der Waals surface area (Å²) in [5.74, 6) is 0. The van der Waals surface area contributed by atoms with Crippen LogP contribution in [0.25, 0.3) is 0 Å². The minimum atomic E-state index is -0.0838. The Morgan fingerprint density at radius 3 is 2.31 bits per heavy atom. The summed E-state index contributed by atoms with van der Waals surface area (Å²) in [6.07, 6.45) is 3.79. The number of hydrogen-bond donors (Lipinski definition) is 0. The Morgan fingerprint density at radius 1 is 1.46 bits per heavy atom. The largest absolute Gasteiger partial charge is 0.376 e. The molecule has 2 unspecified atom stereocenters. The van der Waals surface area contributed by atoms with Crippen molar-refractivity contribution in [1.29, 1.82) is 0 Å². The predicted octanol–water partition coefficient (Wildman–Crippen LogP) is 2.76. The number of hydrogen-bond acceptors (Lipinski definition) is 2. The van der Waals surface area contributed by atoms with E-state index in [1.807, 2.05) is 0 Å². The van der Waals surface area contributed by atoms with Gasteiger partial charge in [0.2, 0.25) is 0 Å². The Kier molecular flexibility index (Phi) is 3.03. The molecule has 0 aromatic heterocycles. The summed E-state index contributed by atoms with van der Waals surface area (Å²) in [6.45, 7) is 8.61. The van der Waals surface area contributed by atoms with Crippen LogP contribution in [0.5, 0.6) is 0 Å². The molecular weight excluding hydrogens is 164 g/mol. The van der Waals surface area contributed by atoms with Gasteiger partial charge in [-0.25, -0.2) is 0 Å². The molecule has 0 aliphatic carbocycles. The molecule has 78 valence electrons. The molecule has 13 heavy (non-hydrogen) atoms. The van der Waals surface area contributed by atoms with Gasteiger partial charge in [-0.05, 0) is 27.2 Å². The van der Waals surface area contributed by atoms with Crippen molar-refractivity contribution in [1.82, 2.24) is 0 Å². The number of rotatable bonds is 5. The maximum Gasteiger partial charge on any atom is 0.115 e. The fourth-order valence-electron chi connectivity index (χ4n) is 2.00. The summed E-state index contributed by atoms with van der Waals surface area (Å²) in [4.78, 5) is 0. The first kappa shape index (κ1) is 11.0. The topological polar surface area (TPSA) is 21.8 Å². The van der Waals surface area contributed by atoms with Gasteiger partial charge >= 0.3 is 0 Å². The lowest BCUT2D eigenvalue weighted by molar-refractivity contribution is -0.0250. The van der Waals surface area contributed by atoms with Gasteiger partial charge in [0, 0.05) is 7.11 Å². The number of epoxide rings is 1. The lowest BCUT2D eigenvalue weighted by Gasteiger charge is -2.27. The predicted molar refractivity (Wildman–Crippen MR) is 53.9 cm³/mol. The maximum absolute atomic E-state index is 5.63. The van der Waals surface area contributed by atoms with Crippen LogP contribution < -0.4 is 0 Å². The summed E-state index contributed by atoms with van der Waals surface area (Å²) in [5, 5.41) is 0. The van der Waals surface area contributed by atoms with Crippen LogP contribution in [0.4, 0.5) is 0 Å². The molecule has 1 rings (SSSR count). The molecule has 0 aromatic rings. The summed E-state index contributed by atoms with van der Waals surface area (Å²) in [5.41, 5.74) is -0.0575. The highest BCUT2D eigenvalue weighted by atomic mass is 16.6. The van der Waals surface area contributed by atoms with E-state index in [0.29, 0.717) is 0 Å². The van der Waals surface area contributed by atoms with Crippen LogP contribution in [0.15, 0.2) is 0 Å². The highest BCUT2D eigenvalue weighted by molar-refractivity contribution is 5.06. The van der Waals surface area contributed by atoms with Crippen LogP contribution >= 0.6 is 0 Å². The average molecular weight is 186 g/mol. The lowest BCUT2D eigenvalue weighted by Crippen LogP contribution is -2.37. The summed E-state index contributed by atoms with van der Waals surface area (Å²) >= 11 is 0. The highest BCUT2D eigenvalue weighted by Crippen LogP contribution is 2.45. The van der Waals surface area contributed by atoms with Crippen molar-refractivity contribution in [2.75, 3.05) is 7.11 Å². The molecule has 1 heterocycles.